The molecule has 0 aliphatic rings. The highest BCUT2D eigenvalue weighted by Gasteiger charge is 1.99. The van der Waals surface area contributed by atoms with Crippen molar-refractivity contribution in [2.24, 2.45) is 5.10 Å². The lowest BCUT2D eigenvalue weighted by Crippen LogP contribution is -2.06. The fraction of sp³-hybridized carbons (Fsp3) is 0.188. The predicted molar refractivity (Wildman–Crippen MR) is 88.5 cm³/mol. The molecule has 0 aliphatic carbocycles. The number of anilines is 1. The van der Waals surface area contributed by atoms with Gasteiger partial charge in [0.25, 0.3) is 0 Å². The van der Waals surface area contributed by atoms with Gasteiger partial charge in [-0.15, -0.1) is 0 Å². The first-order valence-corrected chi connectivity index (χ1v) is 7.25. The molecule has 2 aromatic heterocycles. The topological polar surface area (TPSA) is 83.2 Å². The van der Waals surface area contributed by atoms with E-state index in [2.05, 4.69) is 15.1 Å². The Morgan fingerprint density at radius 1 is 1.30 bits per heavy atom. The molecule has 0 saturated carbocycles. The summed E-state index contributed by atoms with van der Waals surface area (Å²) in [5.41, 5.74) is 7.53. The summed E-state index contributed by atoms with van der Waals surface area (Å²) in [6.45, 7) is 3.23. The van der Waals surface area contributed by atoms with E-state index in [4.69, 9.17) is 10.5 Å². The van der Waals surface area contributed by atoms with Gasteiger partial charge in [0.1, 0.15) is 12.4 Å². The van der Waals surface area contributed by atoms with Gasteiger partial charge in [0.2, 0.25) is 5.95 Å². The van der Waals surface area contributed by atoms with Crippen molar-refractivity contribution in [3.8, 4) is 5.75 Å². The van der Waals surface area contributed by atoms with Crippen molar-refractivity contribution in [3.05, 3.63) is 60.4 Å². The minimum absolute atomic E-state index is 0.373. The third-order valence-electron chi connectivity index (χ3n) is 3.22. The zero-order valence-corrected chi connectivity index (χ0v) is 12.8. The molecule has 0 aliphatic heterocycles. The number of nitrogens with two attached hydrogens (primary N) is 1. The van der Waals surface area contributed by atoms with Crippen LogP contribution in [0.15, 0.2) is 54.3 Å². The molecule has 7 nitrogen and oxygen atoms in total. The Kier molecular flexibility index (Phi) is 4.37. The van der Waals surface area contributed by atoms with Gasteiger partial charge >= 0.3 is 0 Å². The maximum Gasteiger partial charge on any atom is 0.221 e. The van der Waals surface area contributed by atoms with Crippen LogP contribution >= 0.6 is 0 Å². The van der Waals surface area contributed by atoms with Crippen LogP contribution in [0.3, 0.4) is 0 Å². The molecule has 0 amide bonds. The third kappa shape index (κ3) is 3.97. The molecule has 0 unspecified atom stereocenters. The van der Waals surface area contributed by atoms with E-state index in [0.29, 0.717) is 12.6 Å². The van der Waals surface area contributed by atoms with Gasteiger partial charge in [0.15, 0.2) is 0 Å². The molecule has 118 valence electrons. The molecule has 0 atom stereocenters. The third-order valence-corrected chi connectivity index (χ3v) is 3.22. The zero-order valence-electron chi connectivity index (χ0n) is 12.8. The van der Waals surface area contributed by atoms with Crippen molar-refractivity contribution in [1.82, 2.24) is 19.2 Å². The molecule has 7 heteroatoms. The Balaban J connectivity index is 1.55. The Labute approximate surface area is 134 Å². The lowest BCUT2D eigenvalue weighted by molar-refractivity contribution is 0.298. The van der Waals surface area contributed by atoms with E-state index < -0.39 is 0 Å². The van der Waals surface area contributed by atoms with E-state index in [1.807, 2.05) is 42.0 Å². The average Bonchev–Trinajstić information content (AvgIpc) is 3.16. The summed E-state index contributed by atoms with van der Waals surface area (Å²) in [5, 5.41) is 4.28. The van der Waals surface area contributed by atoms with Crippen molar-refractivity contribution in [3.63, 3.8) is 0 Å². The molecule has 0 fully saturated rings. The second-order valence-electron chi connectivity index (χ2n) is 5.05. The number of nitrogens with zero attached hydrogens (tertiary/aromatic N) is 5. The van der Waals surface area contributed by atoms with Crippen LogP contribution in [-0.2, 0) is 6.54 Å². The lowest BCUT2D eigenvalue weighted by Gasteiger charge is -2.06. The Bertz CT molecular complexity index is 774. The highest BCUT2D eigenvalue weighted by Crippen LogP contribution is 2.11. The monoisotopic (exact) mass is 310 g/mol. The van der Waals surface area contributed by atoms with E-state index in [0.717, 1.165) is 23.6 Å². The van der Waals surface area contributed by atoms with Crippen molar-refractivity contribution in [2.75, 3.05) is 12.3 Å². The van der Waals surface area contributed by atoms with Crippen molar-refractivity contribution >= 4 is 12.2 Å². The van der Waals surface area contributed by atoms with E-state index in [1.165, 1.54) is 0 Å². The summed E-state index contributed by atoms with van der Waals surface area (Å²) in [6, 6.07) is 7.71. The molecule has 1 aromatic carbocycles. The molecule has 0 radical (unpaired) electrons. The van der Waals surface area contributed by atoms with Gasteiger partial charge in [-0.1, -0.05) is 0 Å². The highest BCUT2D eigenvalue weighted by atomic mass is 16.5. The molecule has 0 spiro atoms. The van der Waals surface area contributed by atoms with Gasteiger partial charge < -0.3 is 15.0 Å². The smallest absolute Gasteiger partial charge is 0.221 e. The summed E-state index contributed by atoms with van der Waals surface area (Å²) in [6.07, 6.45) is 8.94. The Hall–Kier alpha value is -3.09. The zero-order chi connectivity index (χ0) is 16.1. The first-order valence-electron chi connectivity index (χ1n) is 7.25. The van der Waals surface area contributed by atoms with Crippen molar-refractivity contribution in [1.29, 1.82) is 0 Å². The number of hydrogen-bond donors (Lipinski definition) is 1. The van der Waals surface area contributed by atoms with Crippen LogP contribution in [0.4, 0.5) is 5.95 Å². The highest BCUT2D eigenvalue weighted by molar-refractivity contribution is 5.79. The van der Waals surface area contributed by atoms with Gasteiger partial charge in [-0.25, -0.2) is 14.6 Å². The number of hydrogen-bond acceptors (Lipinski definition) is 5. The van der Waals surface area contributed by atoms with Gasteiger partial charge in [-0.3, -0.25) is 0 Å². The van der Waals surface area contributed by atoms with Crippen LogP contribution in [0.25, 0.3) is 0 Å². The standard InChI is InChI=1S/C16H18N6O/c1-13-11-22(16(17)20-13)19-10-14-2-4-15(5-3-14)23-9-8-21-7-6-18-12-21/h2-7,10-12H,8-9H2,1H3,(H2,17,20). The van der Waals surface area contributed by atoms with Gasteiger partial charge in [0.05, 0.1) is 31.0 Å². The molecule has 3 aromatic rings. The van der Waals surface area contributed by atoms with Crippen LogP contribution in [0.1, 0.15) is 11.3 Å². The van der Waals surface area contributed by atoms with E-state index >= 15 is 0 Å². The maximum atomic E-state index is 5.74. The second kappa shape index (κ2) is 6.78. The number of nitrogen functional groups attached to an aromatic ring is 1. The molecule has 2 N–H and O–H groups in total. The minimum Gasteiger partial charge on any atom is -0.492 e. The lowest BCUT2D eigenvalue weighted by atomic mass is 10.2. The maximum absolute atomic E-state index is 5.74. The van der Waals surface area contributed by atoms with Gasteiger partial charge in [-0.05, 0) is 36.8 Å². The van der Waals surface area contributed by atoms with Crippen LogP contribution in [-0.4, -0.2) is 32.0 Å². The first-order chi connectivity index (χ1) is 11.2. The van der Waals surface area contributed by atoms with Crippen LogP contribution in [0, 0.1) is 6.92 Å². The first kappa shape index (κ1) is 14.8. The summed E-state index contributed by atoms with van der Waals surface area (Å²) in [7, 11) is 0. The predicted octanol–water partition coefficient (Wildman–Crippen LogP) is 1.93. The van der Waals surface area contributed by atoms with Crippen LogP contribution in [0.5, 0.6) is 5.75 Å². The molecule has 3 rings (SSSR count). The fourth-order valence-corrected chi connectivity index (χ4v) is 2.06. The quantitative estimate of drug-likeness (QED) is 0.705. The van der Waals surface area contributed by atoms with Crippen LogP contribution < -0.4 is 10.5 Å². The van der Waals surface area contributed by atoms with Crippen LogP contribution in [0.2, 0.25) is 0 Å². The molecule has 0 bridgehead atoms. The normalized spacial score (nSPS) is 11.2. The van der Waals surface area contributed by atoms with Crippen molar-refractivity contribution in [2.45, 2.75) is 13.5 Å². The van der Waals surface area contributed by atoms with Crippen molar-refractivity contribution < 1.29 is 4.74 Å². The number of aryl methyl sites for hydroxylation is 1. The molecule has 0 saturated heterocycles. The van der Waals surface area contributed by atoms with Gasteiger partial charge in [-0.2, -0.15) is 5.10 Å². The Morgan fingerprint density at radius 2 is 2.13 bits per heavy atom. The summed E-state index contributed by atoms with van der Waals surface area (Å²) in [4.78, 5) is 8.08. The fourth-order valence-electron chi connectivity index (χ4n) is 2.06. The number of ether oxygens (including phenoxy) is 1. The number of benzene rings is 1. The van der Waals surface area contributed by atoms with E-state index in [1.54, 1.807) is 29.6 Å². The number of imidazole rings is 2. The molecular weight excluding hydrogens is 292 g/mol. The van der Waals surface area contributed by atoms with E-state index in [-0.39, 0.29) is 0 Å². The summed E-state index contributed by atoms with van der Waals surface area (Å²) in [5.74, 6) is 1.19. The Morgan fingerprint density at radius 3 is 2.78 bits per heavy atom. The molecule has 2 heterocycles. The average molecular weight is 310 g/mol. The second-order valence-corrected chi connectivity index (χ2v) is 5.05. The number of rotatable bonds is 6. The SMILES string of the molecule is Cc1cn(N=Cc2ccc(OCCn3ccnc3)cc2)c(N)n1. The molecule has 23 heavy (non-hydrogen) atoms. The van der Waals surface area contributed by atoms with Gasteiger partial charge in [0, 0.05) is 12.4 Å². The summed E-state index contributed by atoms with van der Waals surface area (Å²) >= 11 is 0. The minimum atomic E-state index is 0.373. The molecular formula is C16H18N6O. The number of aromatic nitrogens is 4. The summed E-state index contributed by atoms with van der Waals surface area (Å²) < 4.78 is 9.21. The van der Waals surface area contributed by atoms with E-state index in [9.17, 15) is 0 Å². The largest absolute Gasteiger partial charge is 0.492 e.